The van der Waals surface area contributed by atoms with Gasteiger partial charge in [0.1, 0.15) is 0 Å². The smallest absolute Gasteiger partial charge is 0.210 e. The lowest BCUT2D eigenvalue weighted by atomic mass is 9.60. The van der Waals surface area contributed by atoms with Crippen molar-refractivity contribution in [3.63, 3.8) is 0 Å². The fourth-order valence-corrected chi connectivity index (χ4v) is 6.40. The van der Waals surface area contributed by atoms with Crippen molar-refractivity contribution in [3.05, 3.63) is 35.5 Å². The Labute approximate surface area is 178 Å². The van der Waals surface area contributed by atoms with Gasteiger partial charge in [0.15, 0.2) is 0 Å². The first-order valence-electron chi connectivity index (χ1n) is 13.2. The number of aliphatic hydroxyl groups is 1. The monoisotopic (exact) mass is 387 g/mol. The minimum atomic E-state index is -1.48. The molecule has 0 radical (unpaired) electrons. The summed E-state index contributed by atoms with van der Waals surface area (Å²) >= 11 is 0. The third-order valence-electron chi connectivity index (χ3n) is 8.06. The van der Waals surface area contributed by atoms with Crippen LogP contribution in [0.5, 0.6) is 0 Å². The van der Waals surface area contributed by atoms with E-state index in [4.69, 9.17) is 4.17 Å². The molecule has 1 N–H and O–H groups in total. The highest BCUT2D eigenvalue weighted by molar-refractivity contribution is 5.36. The Hall–Kier alpha value is -0.820. The molecule has 3 aliphatic rings. The molecule has 0 spiro atoms. The summed E-state index contributed by atoms with van der Waals surface area (Å²) in [6.45, 7) is 13.9. The molecule has 158 valence electrons. The van der Waals surface area contributed by atoms with Crippen LogP contribution in [0.4, 0.5) is 0 Å². The zero-order valence-electron chi connectivity index (χ0n) is 21.7. The van der Waals surface area contributed by atoms with E-state index in [1.807, 2.05) is 0 Å². The van der Waals surface area contributed by atoms with Gasteiger partial charge >= 0.3 is 0 Å². The minimum Gasteiger partial charge on any atom is -0.393 e. The largest absolute Gasteiger partial charge is 0.393 e. The van der Waals surface area contributed by atoms with Gasteiger partial charge in [-0.05, 0) is 86.0 Å². The fraction of sp³-hybridized carbons (Fsp3) is 0.778. The number of allylic oxidation sites excluding steroid dienone is 4. The summed E-state index contributed by atoms with van der Waals surface area (Å²) in [7, 11) is 0. The summed E-state index contributed by atoms with van der Waals surface area (Å²) in [6.07, 6.45) is 13.4. The van der Waals surface area contributed by atoms with Crippen LogP contribution in [0.3, 0.4) is 0 Å². The highest BCUT2D eigenvalue weighted by Gasteiger charge is 2.50. The van der Waals surface area contributed by atoms with Gasteiger partial charge in [-0.2, -0.15) is 0 Å². The van der Waals surface area contributed by atoms with Gasteiger partial charge in [-0.15, -0.1) is 0 Å². The zero-order valence-corrected chi connectivity index (χ0v) is 18.7. The Kier molecular flexibility index (Phi) is 5.99. The topological polar surface area (TPSA) is 20.2 Å². The molecule has 2 unspecified atom stereocenters. The predicted molar refractivity (Wildman–Crippen MR) is 121 cm³/mol. The maximum atomic E-state index is 8.32. The maximum absolute atomic E-state index is 8.32. The van der Waals surface area contributed by atoms with E-state index in [9.17, 15) is 0 Å². The van der Waals surface area contributed by atoms with Crippen LogP contribution in [0.1, 0.15) is 101 Å². The van der Waals surface area contributed by atoms with Crippen molar-refractivity contribution in [2.45, 2.75) is 104 Å². The quantitative estimate of drug-likeness (QED) is 0.476. The van der Waals surface area contributed by atoms with Crippen molar-refractivity contribution in [3.8, 4) is 0 Å². The van der Waals surface area contributed by atoms with Gasteiger partial charge in [0.05, 0.1) is 7.45 Å². The molecule has 0 bridgehead atoms. The van der Waals surface area contributed by atoms with Crippen LogP contribution in [0.2, 0.25) is 0 Å². The molecule has 0 aromatic heterocycles. The van der Waals surface area contributed by atoms with E-state index in [1.165, 1.54) is 51.4 Å². The first kappa shape index (κ1) is 18.0. The number of hydrogen-bond acceptors (Lipinski definition) is 1. The SMILES string of the molecule is [2H]O[C@]1([2H])C/C(=C/C=C2CCC[C@@]3(C)C2CC[C@@H]3[C@H](C)CCCC(C)C)C(=C)CC1[2H]. The third-order valence-corrected chi connectivity index (χ3v) is 8.06. The van der Waals surface area contributed by atoms with E-state index >= 15 is 0 Å². The van der Waals surface area contributed by atoms with Gasteiger partial charge in [-0.25, -0.2) is 0 Å². The first-order chi connectivity index (χ1) is 14.6. The first-order valence-corrected chi connectivity index (χ1v) is 11.7. The van der Waals surface area contributed by atoms with E-state index in [0.29, 0.717) is 17.8 Å². The Balaban J connectivity index is 1.73. The predicted octanol–water partition coefficient (Wildman–Crippen LogP) is 7.62. The molecule has 0 amide bonds. The van der Waals surface area contributed by atoms with E-state index in [1.54, 1.807) is 5.57 Å². The Morgan fingerprint density at radius 3 is 2.86 bits per heavy atom. The molecule has 28 heavy (non-hydrogen) atoms. The van der Waals surface area contributed by atoms with Crippen molar-refractivity contribution in [2.24, 2.45) is 29.1 Å². The average molecular weight is 388 g/mol. The third kappa shape index (κ3) is 4.84. The Morgan fingerprint density at radius 2 is 2.11 bits per heavy atom. The van der Waals surface area contributed by atoms with Crippen LogP contribution in [0, 0.1) is 29.1 Å². The van der Waals surface area contributed by atoms with Gasteiger partial charge in [-0.1, -0.05) is 76.8 Å². The molecule has 0 saturated heterocycles. The summed E-state index contributed by atoms with van der Waals surface area (Å²) in [6, 6.07) is 0. The lowest BCUT2D eigenvalue weighted by molar-refractivity contribution is 0.0929. The van der Waals surface area contributed by atoms with Crippen molar-refractivity contribution < 1.29 is 7.85 Å². The van der Waals surface area contributed by atoms with E-state index < -0.39 is 12.5 Å². The highest BCUT2D eigenvalue weighted by Crippen LogP contribution is 2.59. The number of rotatable bonds is 7. The molecule has 3 saturated carbocycles. The van der Waals surface area contributed by atoms with Crippen molar-refractivity contribution in [2.75, 3.05) is 0 Å². The molecule has 3 fully saturated rings. The van der Waals surface area contributed by atoms with Crippen LogP contribution in [0.25, 0.3) is 0 Å². The Bertz CT molecular complexity index is 711. The minimum absolute atomic E-state index is 0.282. The standard InChI is InChI=1S/C27H44O/c1-19(2)8-6-9-21(4)25-15-16-26-22(10-7-17-27(25,26)5)12-13-23-18-24(28)14-11-20(23)3/h12-13,19,21,24-26,28H,3,6-11,14-18H2,1-2,4-5H3/b22-12?,23-13-/t21-,24+,25-,26?,27-/m1/s1/i14D,24D,28D/t14?,21-,24+,25-,26?,27-. The Morgan fingerprint density at radius 1 is 1.29 bits per heavy atom. The molecular formula is C27H44O. The summed E-state index contributed by atoms with van der Waals surface area (Å²) in [4.78, 5) is 0. The van der Waals surface area contributed by atoms with Gasteiger partial charge < -0.3 is 5.11 Å². The normalized spacial score (nSPS) is 44.4. The summed E-state index contributed by atoms with van der Waals surface area (Å²) < 4.78 is 23.7. The van der Waals surface area contributed by atoms with Crippen LogP contribution in [-0.4, -0.2) is 12.6 Å². The maximum Gasteiger partial charge on any atom is 0.210 e. The molecule has 0 aromatic carbocycles. The number of fused-ring (bicyclic) bond motifs is 1. The second kappa shape index (κ2) is 9.33. The number of hydrogen-bond donors (Lipinski definition) is 1. The second-order valence-electron chi connectivity index (χ2n) is 10.5. The molecular weight excluding hydrogens is 340 g/mol. The van der Waals surface area contributed by atoms with Crippen LogP contribution >= 0.6 is 0 Å². The zero-order chi connectivity index (χ0) is 22.8. The van der Waals surface area contributed by atoms with Gasteiger partial charge in [0, 0.05) is 1.37 Å². The van der Waals surface area contributed by atoms with Crippen molar-refractivity contribution in [1.29, 1.82) is 1.43 Å². The van der Waals surface area contributed by atoms with E-state index in [-0.39, 0.29) is 6.42 Å². The van der Waals surface area contributed by atoms with Crippen LogP contribution in [0.15, 0.2) is 35.5 Å². The highest BCUT2D eigenvalue weighted by atomic mass is 16.3. The molecule has 1 nitrogen and oxygen atoms in total. The second-order valence-corrected chi connectivity index (χ2v) is 10.5. The molecule has 3 rings (SSSR count). The van der Waals surface area contributed by atoms with Gasteiger partial charge in [0.25, 0.3) is 0 Å². The van der Waals surface area contributed by atoms with Crippen molar-refractivity contribution in [1.82, 2.24) is 0 Å². The molecule has 6 atom stereocenters. The average Bonchev–Trinajstić information content (AvgIpc) is 3.07. The molecule has 3 aliphatic carbocycles. The van der Waals surface area contributed by atoms with Crippen molar-refractivity contribution >= 4 is 0 Å². The molecule has 0 aliphatic heterocycles. The van der Waals surface area contributed by atoms with Crippen LogP contribution in [-0.2, 0) is 0 Å². The summed E-state index contributed by atoms with van der Waals surface area (Å²) in [5, 5.41) is 4.66. The molecule has 1 heteroatoms. The van der Waals surface area contributed by atoms with Gasteiger partial charge in [-0.3, -0.25) is 0 Å². The van der Waals surface area contributed by atoms with E-state index in [2.05, 4.69) is 51.5 Å². The molecule has 0 aromatic rings. The fourth-order valence-electron chi connectivity index (χ4n) is 6.40. The summed E-state index contributed by atoms with van der Waals surface area (Å²) in [5.74, 6) is 3.10. The lowest BCUT2D eigenvalue weighted by Crippen LogP contribution is -2.36. The summed E-state index contributed by atoms with van der Waals surface area (Å²) in [5.41, 5.74) is 3.90. The van der Waals surface area contributed by atoms with E-state index in [0.717, 1.165) is 28.9 Å². The lowest BCUT2D eigenvalue weighted by Gasteiger charge is -2.44. The molecule has 0 heterocycles. The van der Waals surface area contributed by atoms with Crippen LogP contribution < -0.4 is 0 Å². The van der Waals surface area contributed by atoms with Gasteiger partial charge in [0.2, 0.25) is 1.43 Å².